The first-order valence-electron chi connectivity index (χ1n) is 5.43. The van der Waals surface area contributed by atoms with Crippen molar-refractivity contribution in [1.82, 2.24) is 0 Å². The van der Waals surface area contributed by atoms with Crippen molar-refractivity contribution in [3.8, 4) is 0 Å². The first-order chi connectivity index (χ1) is 7.31. The quantitative estimate of drug-likeness (QED) is 0.824. The van der Waals surface area contributed by atoms with Crippen molar-refractivity contribution in [2.75, 3.05) is 0 Å². The molecule has 0 amide bonds. The van der Waals surface area contributed by atoms with Crippen molar-refractivity contribution in [2.45, 2.75) is 39.7 Å². The van der Waals surface area contributed by atoms with Crippen LogP contribution < -0.4 is 0 Å². The van der Waals surface area contributed by atoms with Gasteiger partial charge in [0.25, 0.3) is 0 Å². The van der Waals surface area contributed by atoms with Crippen molar-refractivity contribution < 1.29 is 5.11 Å². The van der Waals surface area contributed by atoms with Crippen molar-refractivity contribution in [1.29, 1.82) is 0 Å². The minimum atomic E-state index is -0.583. The van der Waals surface area contributed by atoms with E-state index in [1.807, 2.05) is 0 Å². The van der Waals surface area contributed by atoms with E-state index in [-0.39, 0.29) is 5.41 Å². The molecule has 1 aromatic rings. The average molecular weight is 261 g/mol. The molecule has 0 bridgehead atoms. The lowest BCUT2D eigenvalue weighted by Crippen LogP contribution is -2.08. The van der Waals surface area contributed by atoms with E-state index in [0.717, 1.165) is 6.42 Å². The molecule has 0 saturated heterocycles. The van der Waals surface area contributed by atoms with Gasteiger partial charge in [0.1, 0.15) is 0 Å². The summed E-state index contributed by atoms with van der Waals surface area (Å²) in [5.74, 6) is 0. The Kier molecular flexibility index (Phi) is 4.66. The smallest absolute Gasteiger partial charge is 0.0819 e. The maximum atomic E-state index is 10.1. The van der Waals surface area contributed by atoms with Crippen LogP contribution in [0.15, 0.2) is 18.2 Å². The topological polar surface area (TPSA) is 20.2 Å². The molecule has 0 aliphatic rings. The molecular formula is C13H18Cl2O. The summed E-state index contributed by atoms with van der Waals surface area (Å²) < 4.78 is 0. The monoisotopic (exact) mass is 260 g/mol. The van der Waals surface area contributed by atoms with Crippen molar-refractivity contribution >= 4 is 23.2 Å². The number of halogens is 2. The molecule has 0 aliphatic carbocycles. The summed E-state index contributed by atoms with van der Waals surface area (Å²) in [5.41, 5.74) is 0.851. The fraction of sp³-hybridized carbons (Fsp3) is 0.538. The van der Waals surface area contributed by atoms with E-state index >= 15 is 0 Å². The number of aliphatic hydroxyl groups excluding tert-OH is 1. The summed E-state index contributed by atoms with van der Waals surface area (Å²) in [5, 5.41) is 11.1. The molecular weight excluding hydrogens is 243 g/mol. The Bertz CT molecular complexity index is 335. The summed E-state index contributed by atoms with van der Waals surface area (Å²) >= 11 is 12.1. The second kappa shape index (κ2) is 5.39. The summed E-state index contributed by atoms with van der Waals surface area (Å²) in [6, 6.07) is 5.29. The van der Waals surface area contributed by atoms with Crippen LogP contribution in [-0.2, 0) is 0 Å². The molecule has 0 aromatic heterocycles. The molecule has 1 atom stereocenters. The Morgan fingerprint density at radius 2 is 1.69 bits per heavy atom. The number of rotatable bonds is 3. The van der Waals surface area contributed by atoms with Gasteiger partial charge in [0, 0.05) is 15.6 Å². The van der Waals surface area contributed by atoms with Crippen LogP contribution in [0.4, 0.5) is 0 Å². The highest BCUT2D eigenvalue weighted by Gasteiger charge is 2.18. The number of aliphatic hydroxyl groups is 1. The second-order valence-electron chi connectivity index (χ2n) is 5.25. The Balaban J connectivity index is 2.77. The molecule has 0 aliphatic heterocycles. The lowest BCUT2D eigenvalue weighted by atomic mass is 9.88. The van der Waals surface area contributed by atoms with Crippen LogP contribution in [0.2, 0.25) is 10.0 Å². The molecule has 0 heterocycles. The third-order valence-corrected chi connectivity index (χ3v) is 3.16. The Hall–Kier alpha value is -0.240. The SMILES string of the molecule is CC(C)(C)CCC(O)c1c(Cl)cccc1Cl. The molecule has 1 nitrogen and oxygen atoms in total. The van der Waals surface area contributed by atoms with Gasteiger partial charge in [0.15, 0.2) is 0 Å². The van der Waals surface area contributed by atoms with Crippen molar-refractivity contribution in [2.24, 2.45) is 5.41 Å². The zero-order chi connectivity index (χ0) is 12.3. The van der Waals surface area contributed by atoms with Crippen LogP contribution in [-0.4, -0.2) is 5.11 Å². The van der Waals surface area contributed by atoms with Gasteiger partial charge in [0.2, 0.25) is 0 Å². The maximum absolute atomic E-state index is 10.1. The van der Waals surface area contributed by atoms with Gasteiger partial charge in [-0.05, 0) is 30.4 Å². The molecule has 1 N–H and O–H groups in total. The second-order valence-corrected chi connectivity index (χ2v) is 6.06. The highest BCUT2D eigenvalue weighted by atomic mass is 35.5. The van der Waals surface area contributed by atoms with Gasteiger partial charge < -0.3 is 5.11 Å². The van der Waals surface area contributed by atoms with Crippen LogP contribution in [0.3, 0.4) is 0 Å². The lowest BCUT2D eigenvalue weighted by Gasteiger charge is -2.21. The van der Waals surface area contributed by atoms with Gasteiger partial charge in [-0.3, -0.25) is 0 Å². The van der Waals surface area contributed by atoms with Crippen LogP contribution in [0.5, 0.6) is 0 Å². The first kappa shape index (κ1) is 13.8. The fourth-order valence-corrected chi connectivity index (χ4v) is 2.19. The zero-order valence-corrected chi connectivity index (χ0v) is 11.4. The van der Waals surface area contributed by atoms with E-state index in [1.165, 1.54) is 0 Å². The van der Waals surface area contributed by atoms with E-state index in [4.69, 9.17) is 23.2 Å². The predicted molar refractivity (Wildman–Crippen MR) is 70.1 cm³/mol. The van der Waals surface area contributed by atoms with E-state index in [0.29, 0.717) is 22.0 Å². The number of benzene rings is 1. The molecule has 0 fully saturated rings. The van der Waals surface area contributed by atoms with Gasteiger partial charge >= 0.3 is 0 Å². The highest BCUT2D eigenvalue weighted by molar-refractivity contribution is 6.36. The maximum Gasteiger partial charge on any atom is 0.0819 e. The lowest BCUT2D eigenvalue weighted by molar-refractivity contribution is 0.148. The molecule has 1 aromatic carbocycles. The number of hydrogen-bond donors (Lipinski definition) is 1. The van der Waals surface area contributed by atoms with Crippen LogP contribution in [0.25, 0.3) is 0 Å². The Labute approximate surface area is 107 Å². The van der Waals surface area contributed by atoms with E-state index < -0.39 is 6.10 Å². The molecule has 1 rings (SSSR count). The summed E-state index contributed by atoms with van der Waals surface area (Å²) in [6.07, 6.45) is 1.02. The standard InChI is InChI=1S/C13H18Cl2O/c1-13(2,3)8-7-11(16)12-9(14)5-4-6-10(12)15/h4-6,11,16H,7-8H2,1-3H3. The van der Waals surface area contributed by atoms with E-state index in [9.17, 15) is 5.11 Å². The molecule has 0 saturated carbocycles. The van der Waals surface area contributed by atoms with Crippen LogP contribution in [0.1, 0.15) is 45.3 Å². The number of hydrogen-bond acceptors (Lipinski definition) is 1. The van der Waals surface area contributed by atoms with Gasteiger partial charge in [0.05, 0.1) is 6.10 Å². The normalized spacial score (nSPS) is 13.9. The highest BCUT2D eigenvalue weighted by Crippen LogP contribution is 2.34. The average Bonchev–Trinajstić information content (AvgIpc) is 2.13. The minimum absolute atomic E-state index is 0.203. The summed E-state index contributed by atoms with van der Waals surface area (Å²) in [6.45, 7) is 6.44. The zero-order valence-electron chi connectivity index (χ0n) is 9.93. The van der Waals surface area contributed by atoms with Crippen LogP contribution >= 0.6 is 23.2 Å². The van der Waals surface area contributed by atoms with Gasteiger partial charge in [-0.15, -0.1) is 0 Å². The largest absolute Gasteiger partial charge is 0.388 e. The third kappa shape index (κ3) is 3.97. The fourth-order valence-electron chi connectivity index (χ4n) is 1.54. The molecule has 0 spiro atoms. The molecule has 16 heavy (non-hydrogen) atoms. The Morgan fingerprint density at radius 3 is 2.12 bits per heavy atom. The van der Waals surface area contributed by atoms with Gasteiger partial charge in [-0.25, -0.2) is 0 Å². The molecule has 1 unspecified atom stereocenters. The van der Waals surface area contributed by atoms with Crippen LogP contribution in [0, 0.1) is 5.41 Å². The summed E-state index contributed by atoms with van der Waals surface area (Å²) in [7, 11) is 0. The van der Waals surface area contributed by atoms with Crippen molar-refractivity contribution in [3.63, 3.8) is 0 Å². The Morgan fingerprint density at radius 1 is 1.19 bits per heavy atom. The molecule has 3 heteroatoms. The first-order valence-corrected chi connectivity index (χ1v) is 6.19. The van der Waals surface area contributed by atoms with Gasteiger partial charge in [-0.1, -0.05) is 50.0 Å². The summed E-state index contributed by atoms with van der Waals surface area (Å²) in [4.78, 5) is 0. The van der Waals surface area contributed by atoms with Crippen molar-refractivity contribution in [3.05, 3.63) is 33.8 Å². The third-order valence-electron chi connectivity index (χ3n) is 2.50. The molecule has 0 radical (unpaired) electrons. The predicted octanol–water partition coefficient (Wildman–Crippen LogP) is 4.85. The van der Waals surface area contributed by atoms with E-state index in [2.05, 4.69) is 20.8 Å². The molecule has 90 valence electrons. The van der Waals surface area contributed by atoms with E-state index in [1.54, 1.807) is 18.2 Å². The minimum Gasteiger partial charge on any atom is -0.388 e. The van der Waals surface area contributed by atoms with Gasteiger partial charge in [-0.2, -0.15) is 0 Å².